The molecule has 0 aliphatic rings. The van der Waals surface area contributed by atoms with Crippen molar-refractivity contribution in [2.45, 2.75) is 187 Å². The van der Waals surface area contributed by atoms with Crippen molar-refractivity contribution in [2.75, 3.05) is 47.5 Å². The molecule has 0 saturated heterocycles. The van der Waals surface area contributed by atoms with Crippen LogP contribution in [0.25, 0.3) is 0 Å². The van der Waals surface area contributed by atoms with Crippen molar-refractivity contribution in [1.29, 1.82) is 0 Å². The van der Waals surface area contributed by atoms with Crippen LogP contribution in [0.15, 0.2) is 48.6 Å². The molecule has 0 heterocycles. The molecule has 0 aromatic heterocycles. The monoisotopic (exact) mass is 810 g/mol. The highest BCUT2D eigenvalue weighted by molar-refractivity contribution is 7.45. The molecule has 2 atom stereocenters. The molecule has 10 heteroatoms. The predicted molar refractivity (Wildman–Crippen MR) is 231 cm³/mol. The van der Waals surface area contributed by atoms with Crippen LogP contribution in [0, 0.1) is 0 Å². The number of quaternary nitrogens is 1. The minimum atomic E-state index is -4.63. The minimum absolute atomic E-state index is 0.0389. The zero-order chi connectivity index (χ0) is 41.4. The number of carbonyl (C=O) groups excluding carboxylic acids is 2. The lowest BCUT2D eigenvalue weighted by molar-refractivity contribution is -0.870. The van der Waals surface area contributed by atoms with Gasteiger partial charge in [0.2, 0.25) is 0 Å². The molecule has 326 valence electrons. The Balaban J connectivity index is 4.42. The number of hydrogen-bond acceptors (Lipinski definition) is 8. The lowest BCUT2D eigenvalue weighted by Gasteiger charge is -2.28. The van der Waals surface area contributed by atoms with Crippen LogP contribution in [0.4, 0.5) is 0 Å². The SMILES string of the molecule is CCCCC/C=C\C/C=C\C/C=C\CCCCC(=O)OC[C@H](COP(=O)([O-])OCC[N+](C)(C)C)OC(=O)CCCCCCCCC/C=C\CCCCCCCC. The van der Waals surface area contributed by atoms with Crippen molar-refractivity contribution in [2.24, 2.45) is 0 Å². The first kappa shape index (κ1) is 54.0. The number of phosphoric acid groups is 1. The topological polar surface area (TPSA) is 111 Å². The molecular weight excluding hydrogens is 725 g/mol. The summed E-state index contributed by atoms with van der Waals surface area (Å²) in [5, 5.41) is 0. The Bertz CT molecular complexity index is 1100. The summed E-state index contributed by atoms with van der Waals surface area (Å²) in [5.74, 6) is -0.885. The van der Waals surface area contributed by atoms with Crippen molar-refractivity contribution in [3.8, 4) is 0 Å². The van der Waals surface area contributed by atoms with Crippen LogP contribution >= 0.6 is 7.82 Å². The number of likely N-dealkylation sites (N-methyl/N-ethyl adjacent to an activating group) is 1. The molecule has 0 amide bonds. The molecule has 0 saturated carbocycles. The standard InChI is InChI=1S/C46H84NO8P/c1-6-8-10-12-14-16-18-20-22-23-25-27-29-31-33-35-37-39-46(49)55-44(43-54-56(50,51)53-41-40-47(3,4)5)42-52-45(48)38-36-34-32-30-28-26-24-21-19-17-15-13-11-9-7-2/h15,17,20-22,24,28,30,44H,6-14,16,18-19,23,25-27,29,31-43H2,1-5H3/b17-15-,22-20-,24-21-,30-28-/t44-/m1/s1. The van der Waals surface area contributed by atoms with Gasteiger partial charge in [0.25, 0.3) is 7.82 Å². The molecule has 1 unspecified atom stereocenters. The number of nitrogens with zero attached hydrogens (tertiary/aromatic N) is 1. The van der Waals surface area contributed by atoms with Crippen LogP contribution in [0.5, 0.6) is 0 Å². The van der Waals surface area contributed by atoms with Gasteiger partial charge in [-0.1, -0.05) is 140 Å². The maximum Gasteiger partial charge on any atom is 0.306 e. The summed E-state index contributed by atoms with van der Waals surface area (Å²) in [6.45, 7) is 4.14. The first-order valence-electron chi connectivity index (χ1n) is 22.3. The first-order valence-corrected chi connectivity index (χ1v) is 23.8. The number of rotatable bonds is 40. The van der Waals surface area contributed by atoms with Gasteiger partial charge < -0.3 is 27.9 Å². The van der Waals surface area contributed by atoms with Gasteiger partial charge in [0.1, 0.15) is 19.8 Å². The molecule has 0 rings (SSSR count). The van der Waals surface area contributed by atoms with Crippen molar-refractivity contribution in [3.05, 3.63) is 48.6 Å². The number of ether oxygens (including phenoxy) is 2. The Hall–Kier alpha value is -2.03. The van der Waals surface area contributed by atoms with Crippen molar-refractivity contribution in [1.82, 2.24) is 0 Å². The fraction of sp³-hybridized carbons (Fsp3) is 0.783. The molecule has 0 radical (unpaired) electrons. The highest BCUT2D eigenvalue weighted by Gasteiger charge is 2.21. The Morgan fingerprint density at radius 1 is 0.554 bits per heavy atom. The largest absolute Gasteiger partial charge is 0.756 e. The van der Waals surface area contributed by atoms with E-state index in [2.05, 4.69) is 62.5 Å². The van der Waals surface area contributed by atoms with Crippen molar-refractivity contribution < 1.29 is 42.1 Å². The van der Waals surface area contributed by atoms with E-state index in [0.29, 0.717) is 23.9 Å². The number of hydrogen-bond donors (Lipinski definition) is 0. The third-order valence-corrected chi connectivity index (χ3v) is 10.3. The Morgan fingerprint density at radius 3 is 1.52 bits per heavy atom. The molecule has 0 aliphatic heterocycles. The maximum atomic E-state index is 12.7. The van der Waals surface area contributed by atoms with Gasteiger partial charge in [-0.15, -0.1) is 0 Å². The second-order valence-electron chi connectivity index (χ2n) is 16.1. The zero-order valence-electron chi connectivity index (χ0n) is 36.6. The third-order valence-electron chi connectivity index (χ3n) is 9.32. The first-order chi connectivity index (χ1) is 27.0. The van der Waals surface area contributed by atoms with E-state index in [1.54, 1.807) is 0 Å². The maximum absolute atomic E-state index is 12.7. The average molecular weight is 810 g/mol. The number of allylic oxidation sites excluding steroid dienone is 8. The number of phosphoric ester groups is 1. The Labute approximate surface area is 343 Å². The highest BCUT2D eigenvalue weighted by Crippen LogP contribution is 2.38. The van der Waals surface area contributed by atoms with Gasteiger partial charge in [-0.2, -0.15) is 0 Å². The smallest absolute Gasteiger partial charge is 0.306 e. The quantitative estimate of drug-likeness (QED) is 0.0198. The van der Waals surface area contributed by atoms with E-state index in [-0.39, 0.29) is 26.1 Å². The third kappa shape index (κ3) is 41.6. The van der Waals surface area contributed by atoms with Crippen LogP contribution in [0.1, 0.15) is 181 Å². The van der Waals surface area contributed by atoms with Crippen LogP contribution in [0.3, 0.4) is 0 Å². The number of carbonyl (C=O) groups is 2. The second kappa shape index (κ2) is 38.5. The van der Waals surface area contributed by atoms with Crippen molar-refractivity contribution in [3.63, 3.8) is 0 Å². The number of esters is 2. The van der Waals surface area contributed by atoms with E-state index in [9.17, 15) is 19.0 Å². The molecule has 0 aliphatic carbocycles. The molecule has 0 N–H and O–H groups in total. The molecule has 0 aromatic carbocycles. The molecule has 56 heavy (non-hydrogen) atoms. The van der Waals surface area contributed by atoms with Crippen molar-refractivity contribution >= 4 is 19.8 Å². The summed E-state index contributed by atoms with van der Waals surface area (Å²) in [6, 6.07) is 0. The van der Waals surface area contributed by atoms with E-state index in [4.69, 9.17) is 18.5 Å². The van der Waals surface area contributed by atoms with Crippen LogP contribution in [0.2, 0.25) is 0 Å². The van der Waals surface area contributed by atoms with E-state index >= 15 is 0 Å². The average Bonchev–Trinajstić information content (AvgIpc) is 3.15. The lowest BCUT2D eigenvalue weighted by atomic mass is 10.1. The van der Waals surface area contributed by atoms with E-state index in [1.807, 2.05) is 21.1 Å². The van der Waals surface area contributed by atoms with Gasteiger partial charge in [-0.3, -0.25) is 14.2 Å². The molecule has 9 nitrogen and oxygen atoms in total. The van der Waals surface area contributed by atoms with Crippen LogP contribution in [-0.4, -0.2) is 70.0 Å². The van der Waals surface area contributed by atoms with Gasteiger partial charge in [0.05, 0.1) is 27.7 Å². The van der Waals surface area contributed by atoms with Gasteiger partial charge in [-0.05, 0) is 77.0 Å². The van der Waals surface area contributed by atoms with Crippen LogP contribution in [-0.2, 0) is 32.7 Å². The fourth-order valence-electron chi connectivity index (χ4n) is 5.77. The number of unbranched alkanes of at least 4 members (excludes halogenated alkanes) is 18. The molecule has 0 aromatic rings. The van der Waals surface area contributed by atoms with Gasteiger partial charge in [0.15, 0.2) is 6.10 Å². The van der Waals surface area contributed by atoms with Gasteiger partial charge in [0, 0.05) is 12.8 Å². The van der Waals surface area contributed by atoms with E-state index in [0.717, 1.165) is 57.8 Å². The van der Waals surface area contributed by atoms with Gasteiger partial charge in [-0.25, -0.2) is 0 Å². The van der Waals surface area contributed by atoms with E-state index < -0.39 is 32.5 Å². The highest BCUT2D eigenvalue weighted by atomic mass is 31.2. The summed E-state index contributed by atoms with van der Waals surface area (Å²) in [4.78, 5) is 37.5. The minimum Gasteiger partial charge on any atom is -0.756 e. The second-order valence-corrected chi connectivity index (χ2v) is 17.5. The van der Waals surface area contributed by atoms with Gasteiger partial charge >= 0.3 is 11.9 Å². The van der Waals surface area contributed by atoms with Crippen LogP contribution < -0.4 is 4.89 Å². The zero-order valence-corrected chi connectivity index (χ0v) is 37.5. The lowest BCUT2D eigenvalue weighted by Crippen LogP contribution is -2.37. The predicted octanol–water partition coefficient (Wildman–Crippen LogP) is 12.1. The summed E-state index contributed by atoms with van der Waals surface area (Å²) in [6.07, 6.45) is 44.2. The Kier molecular flexibility index (Phi) is 37.1. The Morgan fingerprint density at radius 2 is 0.964 bits per heavy atom. The van der Waals surface area contributed by atoms with E-state index in [1.165, 1.54) is 83.5 Å². The molecule has 0 fully saturated rings. The molecule has 0 bridgehead atoms. The fourth-order valence-corrected chi connectivity index (χ4v) is 6.50. The normalized spacial score (nSPS) is 14.0. The summed E-state index contributed by atoms with van der Waals surface area (Å²) < 4.78 is 33.9. The molecular formula is C46H84NO8P. The molecule has 0 spiro atoms. The summed E-state index contributed by atoms with van der Waals surface area (Å²) in [7, 11) is 1.14. The summed E-state index contributed by atoms with van der Waals surface area (Å²) >= 11 is 0. The summed E-state index contributed by atoms with van der Waals surface area (Å²) in [5.41, 5.74) is 0.